The fourth-order valence-electron chi connectivity index (χ4n) is 1.39. The van der Waals surface area contributed by atoms with E-state index in [2.05, 4.69) is 15.6 Å². The van der Waals surface area contributed by atoms with Gasteiger partial charge in [-0.25, -0.2) is 4.79 Å². The monoisotopic (exact) mass is 273 g/mol. The molecule has 1 heterocycles. The van der Waals surface area contributed by atoms with Gasteiger partial charge in [-0.15, -0.1) is 0 Å². The lowest BCUT2D eigenvalue weighted by Crippen LogP contribution is -2.39. The van der Waals surface area contributed by atoms with Crippen molar-refractivity contribution < 1.29 is 9.90 Å². The molecule has 2 rings (SSSR count). The summed E-state index contributed by atoms with van der Waals surface area (Å²) in [6.45, 7) is 0.180. The zero-order chi connectivity index (χ0) is 12.4. The number of carboxylic acid groups (broad SMARTS) is 1. The molecule has 1 aromatic rings. The van der Waals surface area contributed by atoms with Crippen molar-refractivity contribution in [3.05, 3.63) is 28.2 Å². The molecule has 1 aromatic carbocycles. The van der Waals surface area contributed by atoms with E-state index in [1.807, 2.05) is 0 Å². The van der Waals surface area contributed by atoms with Crippen LogP contribution >= 0.6 is 23.2 Å². The lowest BCUT2D eigenvalue weighted by Gasteiger charge is -2.11. The van der Waals surface area contributed by atoms with Gasteiger partial charge in [-0.05, 0) is 12.1 Å². The van der Waals surface area contributed by atoms with E-state index in [4.69, 9.17) is 28.3 Å². The molecule has 0 aliphatic carbocycles. The average molecular weight is 274 g/mol. The summed E-state index contributed by atoms with van der Waals surface area (Å²) in [6.07, 6.45) is 0. The number of hydrogen-bond acceptors (Lipinski definition) is 4. The Morgan fingerprint density at radius 1 is 1.47 bits per heavy atom. The van der Waals surface area contributed by atoms with Gasteiger partial charge in [-0.2, -0.15) is 0 Å². The number of rotatable bonds is 2. The Hall–Kier alpha value is -1.46. The first-order valence-electron chi connectivity index (χ1n) is 4.83. The summed E-state index contributed by atoms with van der Waals surface area (Å²) >= 11 is 11.9. The molecule has 7 heteroatoms. The number of nitrogens with one attached hydrogen (secondary N) is 2. The number of aliphatic imine (C=N–C) groups is 1. The fraction of sp³-hybridized carbons (Fsp3) is 0.200. The second-order valence-corrected chi connectivity index (χ2v) is 4.26. The minimum Gasteiger partial charge on any atom is -0.480 e. The van der Waals surface area contributed by atoms with Crippen LogP contribution in [0.15, 0.2) is 23.2 Å². The zero-order valence-electron chi connectivity index (χ0n) is 8.58. The molecule has 90 valence electrons. The summed E-state index contributed by atoms with van der Waals surface area (Å²) in [7, 11) is 0. The van der Waals surface area contributed by atoms with Gasteiger partial charge in [0.2, 0.25) is 0 Å². The van der Waals surface area contributed by atoms with E-state index in [1.165, 1.54) is 0 Å². The first-order chi connectivity index (χ1) is 8.08. The minimum absolute atomic E-state index is 0.180. The van der Waals surface area contributed by atoms with Crippen LogP contribution < -0.4 is 10.6 Å². The highest BCUT2D eigenvalue weighted by molar-refractivity contribution is 6.39. The van der Waals surface area contributed by atoms with E-state index in [0.29, 0.717) is 21.7 Å². The number of carboxylic acids is 1. The van der Waals surface area contributed by atoms with Crippen molar-refractivity contribution in [3.63, 3.8) is 0 Å². The highest BCUT2D eigenvalue weighted by Crippen LogP contribution is 2.29. The number of anilines is 1. The second kappa shape index (κ2) is 4.81. The molecule has 0 spiro atoms. The lowest BCUT2D eigenvalue weighted by molar-refractivity contribution is -0.138. The molecular formula is C10H9Cl2N3O2. The van der Waals surface area contributed by atoms with Crippen molar-refractivity contribution in [2.24, 2.45) is 4.99 Å². The maximum absolute atomic E-state index is 10.7. The molecule has 5 nitrogen and oxygen atoms in total. The number of aliphatic carboxylic acids is 1. The normalized spacial score (nSPS) is 18.5. The third-order valence-corrected chi connectivity index (χ3v) is 2.88. The van der Waals surface area contributed by atoms with Gasteiger partial charge in [0.1, 0.15) is 6.04 Å². The summed E-state index contributed by atoms with van der Waals surface area (Å²) < 4.78 is 0. The quantitative estimate of drug-likeness (QED) is 0.769. The minimum atomic E-state index is -0.948. The van der Waals surface area contributed by atoms with Gasteiger partial charge < -0.3 is 15.7 Å². The number of benzene rings is 1. The van der Waals surface area contributed by atoms with Gasteiger partial charge in [-0.3, -0.25) is 4.99 Å². The Kier molecular flexibility index (Phi) is 3.40. The van der Waals surface area contributed by atoms with Crippen molar-refractivity contribution >= 4 is 40.8 Å². The first-order valence-corrected chi connectivity index (χ1v) is 5.58. The van der Waals surface area contributed by atoms with Crippen LogP contribution in [-0.4, -0.2) is 29.6 Å². The van der Waals surface area contributed by atoms with Gasteiger partial charge in [0.15, 0.2) is 5.96 Å². The fourth-order valence-corrected chi connectivity index (χ4v) is 1.88. The first kappa shape index (κ1) is 12.0. The van der Waals surface area contributed by atoms with Crippen molar-refractivity contribution in [1.82, 2.24) is 5.32 Å². The van der Waals surface area contributed by atoms with E-state index in [1.54, 1.807) is 18.2 Å². The van der Waals surface area contributed by atoms with Crippen LogP contribution in [0.5, 0.6) is 0 Å². The summed E-state index contributed by atoms with van der Waals surface area (Å²) in [4.78, 5) is 14.7. The number of guanidine groups is 1. The highest BCUT2D eigenvalue weighted by atomic mass is 35.5. The van der Waals surface area contributed by atoms with Gasteiger partial charge in [-0.1, -0.05) is 29.3 Å². The Morgan fingerprint density at radius 3 is 2.65 bits per heavy atom. The van der Waals surface area contributed by atoms with Crippen molar-refractivity contribution in [2.45, 2.75) is 6.04 Å². The van der Waals surface area contributed by atoms with Crippen molar-refractivity contribution in [2.75, 3.05) is 11.9 Å². The van der Waals surface area contributed by atoms with Gasteiger partial charge in [0, 0.05) is 0 Å². The zero-order valence-corrected chi connectivity index (χ0v) is 10.1. The van der Waals surface area contributed by atoms with Gasteiger partial charge in [0.25, 0.3) is 0 Å². The van der Waals surface area contributed by atoms with Crippen LogP contribution in [0.3, 0.4) is 0 Å². The maximum atomic E-state index is 10.7. The Bertz CT molecular complexity index is 470. The average Bonchev–Trinajstić information content (AvgIpc) is 2.72. The molecule has 0 aromatic heterocycles. The molecule has 0 fully saturated rings. The van der Waals surface area contributed by atoms with E-state index < -0.39 is 12.0 Å². The predicted octanol–water partition coefficient (Wildman–Crippen LogP) is 1.82. The summed E-state index contributed by atoms with van der Waals surface area (Å²) in [5.41, 5.74) is 0.508. The van der Waals surface area contributed by atoms with E-state index in [-0.39, 0.29) is 6.54 Å². The Labute approximate surface area is 107 Å². The molecular weight excluding hydrogens is 265 g/mol. The van der Waals surface area contributed by atoms with Crippen LogP contribution in [0, 0.1) is 0 Å². The SMILES string of the molecule is O=C(O)C1CN=C(Nc2c(Cl)cccc2Cl)N1. The number of hydrogen-bond donors (Lipinski definition) is 3. The van der Waals surface area contributed by atoms with E-state index in [0.717, 1.165) is 0 Å². The molecule has 0 saturated heterocycles. The number of nitrogens with zero attached hydrogens (tertiary/aromatic N) is 1. The van der Waals surface area contributed by atoms with E-state index >= 15 is 0 Å². The van der Waals surface area contributed by atoms with Crippen LogP contribution in [-0.2, 0) is 4.79 Å². The Morgan fingerprint density at radius 2 is 2.12 bits per heavy atom. The van der Waals surface area contributed by atoms with Crippen LogP contribution in [0.2, 0.25) is 10.0 Å². The maximum Gasteiger partial charge on any atom is 0.328 e. The standard InChI is InChI=1S/C10H9Cl2N3O2/c11-5-2-1-3-6(12)8(5)15-10-13-4-7(14-10)9(16)17/h1-3,7H,4H2,(H,16,17)(H2,13,14,15). The smallest absolute Gasteiger partial charge is 0.328 e. The van der Waals surface area contributed by atoms with Crippen LogP contribution in [0.1, 0.15) is 0 Å². The van der Waals surface area contributed by atoms with Crippen LogP contribution in [0.4, 0.5) is 5.69 Å². The number of halogens is 2. The van der Waals surface area contributed by atoms with Crippen LogP contribution in [0.25, 0.3) is 0 Å². The molecule has 1 unspecified atom stereocenters. The lowest BCUT2D eigenvalue weighted by atomic mass is 10.3. The van der Waals surface area contributed by atoms with Crippen molar-refractivity contribution in [3.8, 4) is 0 Å². The molecule has 0 amide bonds. The third kappa shape index (κ3) is 2.62. The number of carbonyl (C=O) groups is 1. The summed E-state index contributed by atoms with van der Waals surface area (Å²) in [5, 5.41) is 15.3. The second-order valence-electron chi connectivity index (χ2n) is 3.45. The molecule has 17 heavy (non-hydrogen) atoms. The van der Waals surface area contributed by atoms with Gasteiger partial charge in [0.05, 0.1) is 22.3 Å². The number of para-hydroxylation sites is 1. The van der Waals surface area contributed by atoms with E-state index in [9.17, 15) is 4.79 Å². The molecule has 1 aliphatic rings. The molecule has 0 radical (unpaired) electrons. The molecule has 0 bridgehead atoms. The Balaban J connectivity index is 2.11. The molecule has 0 saturated carbocycles. The summed E-state index contributed by atoms with van der Waals surface area (Å²) in [5.74, 6) is -0.594. The van der Waals surface area contributed by atoms with Gasteiger partial charge >= 0.3 is 5.97 Å². The molecule has 1 atom stereocenters. The largest absolute Gasteiger partial charge is 0.480 e. The molecule has 1 aliphatic heterocycles. The molecule has 3 N–H and O–H groups in total. The topological polar surface area (TPSA) is 73.7 Å². The summed E-state index contributed by atoms with van der Waals surface area (Å²) in [6, 6.07) is 4.37. The predicted molar refractivity (Wildman–Crippen MR) is 66.9 cm³/mol. The van der Waals surface area contributed by atoms with Crippen molar-refractivity contribution in [1.29, 1.82) is 0 Å². The third-order valence-electron chi connectivity index (χ3n) is 2.25. The highest BCUT2D eigenvalue weighted by Gasteiger charge is 2.24.